The van der Waals surface area contributed by atoms with Gasteiger partial charge in [0.05, 0.1) is 16.8 Å². The molecule has 0 spiro atoms. The summed E-state index contributed by atoms with van der Waals surface area (Å²) in [5.74, 6) is 0.348. The first kappa shape index (κ1) is 18.3. The fourth-order valence-corrected chi connectivity index (χ4v) is 3.83. The van der Waals surface area contributed by atoms with Gasteiger partial charge >= 0.3 is 0 Å². The summed E-state index contributed by atoms with van der Waals surface area (Å²) in [6, 6.07) is 5.65. The van der Waals surface area contributed by atoms with Crippen molar-refractivity contribution in [2.45, 2.75) is 25.8 Å². The van der Waals surface area contributed by atoms with Crippen molar-refractivity contribution in [1.29, 1.82) is 0 Å². The van der Waals surface area contributed by atoms with Crippen LogP contribution in [0.2, 0.25) is 0 Å². The average molecular weight is 404 g/mol. The van der Waals surface area contributed by atoms with Gasteiger partial charge in [-0.3, -0.25) is 4.79 Å². The molecule has 0 aliphatic carbocycles. The van der Waals surface area contributed by atoms with Gasteiger partial charge in [-0.25, -0.2) is 19.3 Å². The van der Waals surface area contributed by atoms with E-state index in [1.807, 2.05) is 0 Å². The predicted molar refractivity (Wildman–Crippen MR) is 105 cm³/mol. The van der Waals surface area contributed by atoms with Crippen LogP contribution in [0.1, 0.15) is 41.0 Å². The van der Waals surface area contributed by atoms with Crippen molar-refractivity contribution < 1.29 is 13.7 Å². The van der Waals surface area contributed by atoms with Crippen molar-refractivity contribution in [2.75, 3.05) is 6.54 Å². The first-order valence-electron chi connectivity index (χ1n) is 9.57. The van der Waals surface area contributed by atoms with E-state index in [4.69, 9.17) is 4.52 Å². The number of benzene rings is 1. The molecule has 1 fully saturated rings. The molecule has 0 radical (unpaired) electrons. The third kappa shape index (κ3) is 3.18. The van der Waals surface area contributed by atoms with E-state index in [2.05, 4.69) is 25.1 Å². The number of hydrogen-bond acceptors (Lipinski definition) is 7. The van der Waals surface area contributed by atoms with Gasteiger partial charge in [-0.1, -0.05) is 5.16 Å². The summed E-state index contributed by atoms with van der Waals surface area (Å²) in [4.78, 5) is 32.2. The summed E-state index contributed by atoms with van der Waals surface area (Å²) in [7, 11) is 0. The fourth-order valence-electron chi connectivity index (χ4n) is 3.83. The molecule has 1 aliphatic rings. The number of carbonyl (C=O) groups excluding carboxylic acids is 1. The van der Waals surface area contributed by atoms with E-state index in [-0.39, 0.29) is 11.9 Å². The minimum atomic E-state index is -0.421. The molecule has 0 unspecified atom stereocenters. The molecule has 4 heterocycles. The molecule has 4 aromatic rings. The molecule has 1 saturated heterocycles. The van der Waals surface area contributed by atoms with E-state index in [1.54, 1.807) is 36.4 Å². The SMILES string of the molecule is Cc1noc([C@@H]2CCCN2C(=O)c2cc(-c3cncnc3)nc3cc(F)ccc23)n1. The minimum absolute atomic E-state index is 0.189. The summed E-state index contributed by atoms with van der Waals surface area (Å²) < 4.78 is 19.2. The third-order valence-electron chi connectivity index (χ3n) is 5.20. The summed E-state index contributed by atoms with van der Waals surface area (Å²) in [6.07, 6.45) is 6.19. The molecule has 5 rings (SSSR count). The Labute approximate surface area is 170 Å². The number of carbonyl (C=O) groups is 1. The van der Waals surface area contributed by atoms with E-state index in [1.165, 1.54) is 18.5 Å². The van der Waals surface area contributed by atoms with E-state index in [0.717, 1.165) is 12.8 Å². The van der Waals surface area contributed by atoms with Gasteiger partial charge in [0.15, 0.2) is 5.82 Å². The van der Waals surface area contributed by atoms with E-state index >= 15 is 0 Å². The molecule has 1 aliphatic heterocycles. The second-order valence-electron chi connectivity index (χ2n) is 7.18. The summed E-state index contributed by atoms with van der Waals surface area (Å²) in [5.41, 5.74) is 1.97. The van der Waals surface area contributed by atoms with Gasteiger partial charge in [-0.15, -0.1) is 0 Å². The smallest absolute Gasteiger partial charge is 0.255 e. The number of aryl methyl sites for hydroxylation is 1. The lowest BCUT2D eigenvalue weighted by Crippen LogP contribution is -2.31. The van der Waals surface area contributed by atoms with E-state index in [0.29, 0.717) is 46.0 Å². The Hall–Kier alpha value is -3.75. The number of rotatable bonds is 3. The van der Waals surface area contributed by atoms with Crippen LogP contribution in [-0.2, 0) is 0 Å². The molecule has 0 saturated carbocycles. The number of pyridine rings is 1. The second kappa shape index (κ2) is 7.25. The average Bonchev–Trinajstić information content (AvgIpc) is 3.41. The van der Waals surface area contributed by atoms with Crippen molar-refractivity contribution in [3.63, 3.8) is 0 Å². The largest absolute Gasteiger partial charge is 0.337 e. The predicted octanol–water partition coefficient (Wildman–Crippen LogP) is 3.50. The minimum Gasteiger partial charge on any atom is -0.337 e. The van der Waals surface area contributed by atoms with Crippen LogP contribution >= 0.6 is 0 Å². The van der Waals surface area contributed by atoms with Crippen molar-refractivity contribution in [2.24, 2.45) is 0 Å². The number of fused-ring (bicyclic) bond motifs is 1. The zero-order chi connectivity index (χ0) is 20.7. The van der Waals surface area contributed by atoms with Crippen LogP contribution < -0.4 is 0 Å². The molecule has 1 atom stereocenters. The maximum Gasteiger partial charge on any atom is 0.255 e. The van der Waals surface area contributed by atoms with Crippen LogP contribution in [0.5, 0.6) is 0 Å². The Morgan fingerprint density at radius 2 is 2.03 bits per heavy atom. The van der Waals surface area contributed by atoms with Gasteiger partial charge in [0.1, 0.15) is 18.2 Å². The molecule has 3 aromatic heterocycles. The highest BCUT2D eigenvalue weighted by Gasteiger charge is 2.35. The highest BCUT2D eigenvalue weighted by molar-refractivity contribution is 6.07. The van der Waals surface area contributed by atoms with Crippen LogP contribution in [-0.4, -0.2) is 42.4 Å². The van der Waals surface area contributed by atoms with Crippen molar-refractivity contribution in [1.82, 2.24) is 30.0 Å². The Bertz CT molecular complexity index is 1240. The number of aromatic nitrogens is 5. The summed E-state index contributed by atoms with van der Waals surface area (Å²) in [6.45, 7) is 2.31. The molecule has 0 N–H and O–H groups in total. The second-order valence-corrected chi connectivity index (χ2v) is 7.18. The molecule has 1 amide bonds. The van der Waals surface area contributed by atoms with Crippen LogP contribution in [0.15, 0.2) is 47.5 Å². The van der Waals surface area contributed by atoms with Crippen LogP contribution in [0.25, 0.3) is 22.2 Å². The Kier molecular flexibility index (Phi) is 4.42. The normalized spacial score (nSPS) is 16.3. The van der Waals surface area contributed by atoms with Crippen molar-refractivity contribution in [3.05, 3.63) is 66.1 Å². The maximum atomic E-state index is 13.9. The van der Waals surface area contributed by atoms with Gasteiger partial charge in [0.25, 0.3) is 5.91 Å². The lowest BCUT2D eigenvalue weighted by Gasteiger charge is -2.23. The Balaban J connectivity index is 1.62. The van der Waals surface area contributed by atoms with Crippen LogP contribution in [0, 0.1) is 12.7 Å². The molecule has 8 nitrogen and oxygen atoms in total. The molecule has 30 heavy (non-hydrogen) atoms. The molecule has 1 aromatic carbocycles. The summed E-state index contributed by atoms with van der Waals surface area (Å²) in [5, 5.41) is 4.43. The third-order valence-corrected chi connectivity index (χ3v) is 5.20. The lowest BCUT2D eigenvalue weighted by molar-refractivity contribution is 0.0712. The molecular weight excluding hydrogens is 387 g/mol. The first-order valence-corrected chi connectivity index (χ1v) is 9.57. The Morgan fingerprint density at radius 3 is 2.80 bits per heavy atom. The number of likely N-dealkylation sites (tertiary alicyclic amines) is 1. The molecule has 9 heteroatoms. The highest BCUT2D eigenvalue weighted by Crippen LogP contribution is 2.34. The lowest BCUT2D eigenvalue weighted by atomic mass is 10.0. The van der Waals surface area contributed by atoms with Gasteiger partial charge in [-0.05, 0) is 38.0 Å². The van der Waals surface area contributed by atoms with Crippen molar-refractivity contribution in [3.8, 4) is 11.3 Å². The number of amides is 1. The van der Waals surface area contributed by atoms with Crippen molar-refractivity contribution >= 4 is 16.8 Å². The van der Waals surface area contributed by atoms with Gasteiger partial charge in [0, 0.05) is 36.0 Å². The standard InChI is InChI=1S/C21H17FN6O2/c1-12-25-20(30-27-12)19-3-2-6-28(19)21(29)16-8-17(13-9-23-11-24-10-13)26-18-7-14(22)4-5-15(16)18/h4-5,7-11,19H,2-3,6H2,1H3/t19-/m0/s1. The van der Waals surface area contributed by atoms with E-state index < -0.39 is 5.82 Å². The fraction of sp³-hybridized carbons (Fsp3) is 0.238. The topological polar surface area (TPSA) is 97.9 Å². The van der Waals surface area contributed by atoms with Crippen LogP contribution in [0.3, 0.4) is 0 Å². The van der Waals surface area contributed by atoms with Gasteiger partial charge in [-0.2, -0.15) is 4.98 Å². The molecule has 150 valence electrons. The highest BCUT2D eigenvalue weighted by atomic mass is 19.1. The monoisotopic (exact) mass is 404 g/mol. The number of nitrogens with zero attached hydrogens (tertiary/aromatic N) is 6. The van der Waals surface area contributed by atoms with Crippen LogP contribution in [0.4, 0.5) is 4.39 Å². The Morgan fingerprint density at radius 1 is 1.20 bits per heavy atom. The number of hydrogen-bond donors (Lipinski definition) is 0. The number of halogens is 1. The van der Waals surface area contributed by atoms with Gasteiger partial charge < -0.3 is 9.42 Å². The molecule has 0 bridgehead atoms. The van der Waals surface area contributed by atoms with Gasteiger partial charge in [0.2, 0.25) is 5.89 Å². The molecular formula is C21H17FN6O2. The zero-order valence-electron chi connectivity index (χ0n) is 16.1. The quantitative estimate of drug-likeness (QED) is 0.515. The summed E-state index contributed by atoms with van der Waals surface area (Å²) >= 11 is 0. The first-order chi connectivity index (χ1) is 14.6. The maximum absolute atomic E-state index is 13.9. The van der Waals surface area contributed by atoms with E-state index in [9.17, 15) is 9.18 Å². The zero-order valence-corrected chi connectivity index (χ0v) is 16.1.